The molecule has 0 heterocycles. The second kappa shape index (κ2) is 7.72. The molecule has 19 heavy (non-hydrogen) atoms. The molecule has 0 saturated carbocycles. The van der Waals surface area contributed by atoms with Crippen LogP contribution in [-0.2, 0) is 4.79 Å². The monoisotopic (exact) mass is 304 g/mol. The smallest absolute Gasteiger partial charge is 0.237 e. The highest BCUT2D eigenvalue weighted by Crippen LogP contribution is 2.20. The van der Waals surface area contributed by atoms with Gasteiger partial charge in [0.2, 0.25) is 5.91 Å². The second-order valence-corrected chi connectivity index (χ2v) is 5.68. The van der Waals surface area contributed by atoms with Crippen LogP contribution in [0.3, 0.4) is 0 Å². The number of benzene rings is 1. The molecule has 0 bridgehead atoms. The molecule has 3 N–H and O–H groups in total. The normalized spacial score (nSPS) is 13.9. The minimum atomic E-state index is -0.522. The van der Waals surface area contributed by atoms with Crippen molar-refractivity contribution in [1.29, 1.82) is 0 Å². The Balaban J connectivity index is 2.60. The lowest BCUT2D eigenvalue weighted by Gasteiger charge is -2.18. The van der Waals surface area contributed by atoms with Gasteiger partial charge in [0, 0.05) is 0 Å². The highest BCUT2D eigenvalue weighted by atomic mass is 35.5. The Kier molecular flexibility index (Phi) is 6.62. The van der Waals surface area contributed by atoms with Crippen LogP contribution < -0.4 is 11.1 Å². The predicted octanol–water partition coefficient (Wildman–Crippen LogP) is 2.74. The molecule has 0 aliphatic carbocycles. The van der Waals surface area contributed by atoms with E-state index < -0.39 is 11.9 Å². The molecule has 6 heteroatoms. The Morgan fingerprint density at radius 2 is 2.26 bits per heavy atom. The third kappa shape index (κ3) is 5.01. The number of nitrogens with two attached hydrogens (primary N) is 1. The Morgan fingerprint density at radius 3 is 2.84 bits per heavy atom. The Labute approximate surface area is 122 Å². The number of hydrogen-bond donors (Lipinski definition) is 2. The van der Waals surface area contributed by atoms with Crippen LogP contribution in [0.5, 0.6) is 0 Å². The van der Waals surface area contributed by atoms with Crippen molar-refractivity contribution in [3.8, 4) is 0 Å². The van der Waals surface area contributed by atoms with E-state index in [1.807, 2.05) is 13.2 Å². The van der Waals surface area contributed by atoms with E-state index in [1.165, 1.54) is 12.1 Å². The van der Waals surface area contributed by atoms with Crippen LogP contribution in [0.15, 0.2) is 18.2 Å². The van der Waals surface area contributed by atoms with Crippen molar-refractivity contribution in [1.82, 2.24) is 5.32 Å². The van der Waals surface area contributed by atoms with Crippen molar-refractivity contribution < 1.29 is 9.18 Å². The quantitative estimate of drug-likeness (QED) is 0.849. The predicted molar refractivity (Wildman–Crippen MR) is 78.9 cm³/mol. The van der Waals surface area contributed by atoms with Crippen LogP contribution in [0.2, 0.25) is 5.02 Å². The van der Waals surface area contributed by atoms with E-state index in [-0.39, 0.29) is 17.0 Å². The first kappa shape index (κ1) is 16.3. The van der Waals surface area contributed by atoms with Crippen LogP contribution in [-0.4, -0.2) is 24.0 Å². The van der Waals surface area contributed by atoms with Crippen molar-refractivity contribution in [2.75, 3.05) is 12.0 Å². The lowest BCUT2D eigenvalue weighted by atomic mass is 10.1. The van der Waals surface area contributed by atoms with Gasteiger partial charge in [-0.2, -0.15) is 11.8 Å². The van der Waals surface area contributed by atoms with Crippen LogP contribution in [0.25, 0.3) is 0 Å². The molecule has 1 aromatic carbocycles. The first-order valence-corrected chi connectivity index (χ1v) is 7.72. The van der Waals surface area contributed by atoms with Crippen molar-refractivity contribution in [2.45, 2.75) is 25.4 Å². The maximum absolute atomic E-state index is 13.1. The van der Waals surface area contributed by atoms with Gasteiger partial charge < -0.3 is 11.1 Å². The third-order valence-electron chi connectivity index (χ3n) is 2.77. The number of hydrogen-bond acceptors (Lipinski definition) is 3. The maximum Gasteiger partial charge on any atom is 0.237 e. The zero-order valence-corrected chi connectivity index (χ0v) is 12.5. The SMILES string of the molecule is CSCC[C@H](N)C(=O)NC(C)c1ccc(F)c(Cl)c1. The summed E-state index contributed by atoms with van der Waals surface area (Å²) in [5, 5.41) is 2.84. The highest BCUT2D eigenvalue weighted by molar-refractivity contribution is 7.98. The average molecular weight is 305 g/mol. The van der Waals surface area contributed by atoms with Gasteiger partial charge in [-0.1, -0.05) is 17.7 Å². The van der Waals surface area contributed by atoms with Gasteiger partial charge in [0.05, 0.1) is 17.1 Å². The number of carbonyl (C=O) groups excluding carboxylic acids is 1. The molecule has 1 aromatic rings. The van der Waals surface area contributed by atoms with Gasteiger partial charge in [0.25, 0.3) is 0 Å². The number of amides is 1. The van der Waals surface area contributed by atoms with Gasteiger partial charge in [0.1, 0.15) is 5.82 Å². The standard InChI is InChI=1S/C13H18ClFN2OS/c1-8(9-3-4-11(15)10(14)7-9)17-13(18)12(16)5-6-19-2/h3-4,7-8,12H,5-6,16H2,1-2H3,(H,17,18)/t8?,12-/m0/s1. The lowest BCUT2D eigenvalue weighted by molar-refractivity contribution is -0.123. The molecular weight excluding hydrogens is 287 g/mol. The molecule has 106 valence electrons. The van der Waals surface area contributed by atoms with Gasteiger partial charge in [-0.15, -0.1) is 0 Å². The topological polar surface area (TPSA) is 55.1 Å². The first-order valence-electron chi connectivity index (χ1n) is 5.95. The van der Waals surface area contributed by atoms with E-state index in [0.717, 1.165) is 11.3 Å². The number of carbonyl (C=O) groups is 1. The summed E-state index contributed by atoms with van der Waals surface area (Å²) in [6, 6.07) is 3.61. The largest absolute Gasteiger partial charge is 0.348 e. The summed E-state index contributed by atoms with van der Waals surface area (Å²) in [6.07, 6.45) is 2.59. The fraction of sp³-hybridized carbons (Fsp3) is 0.462. The van der Waals surface area contributed by atoms with Crippen LogP contribution >= 0.6 is 23.4 Å². The number of nitrogens with one attached hydrogen (secondary N) is 1. The van der Waals surface area contributed by atoms with E-state index in [0.29, 0.717) is 6.42 Å². The van der Waals surface area contributed by atoms with E-state index in [1.54, 1.807) is 17.8 Å². The summed E-state index contributed by atoms with van der Waals surface area (Å²) in [7, 11) is 0. The molecule has 0 radical (unpaired) electrons. The summed E-state index contributed by atoms with van der Waals surface area (Å²) < 4.78 is 13.1. The molecule has 1 unspecified atom stereocenters. The molecule has 3 nitrogen and oxygen atoms in total. The molecular formula is C13H18ClFN2OS. The van der Waals surface area contributed by atoms with Gasteiger partial charge >= 0.3 is 0 Å². The van der Waals surface area contributed by atoms with Gasteiger partial charge in [-0.25, -0.2) is 4.39 Å². The van der Waals surface area contributed by atoms with Crippen molar-refractivity contribution in [2.24, 2.45) is 5.73 Å². The lowest BCUT2D eigenvalue weighted by Crippen LogP contribution is -2.41. The van der Waals surface area contributed by atoms with Crippen LogP contribution in [0, 0.1) is 5.82 Å². The molecule has 0 aliphatic rings. The van der Waals surface area contributed by atoms with Crippen molar-refractivity contribution in [3.63, 3.8) is 0 Å². The molecule has 0 aromatic heterocycles. The number of rotatable bonds is 6. The van der Waals surface area contributed by atoms with Gasteiger partial charge in [-0.05, 0) is 43.0 Å². The van der Waals surface area contributed by atoms with Crippen molar-refractivity contribution in [3.05, 3.63) is 34.6 Å². The van der Waals surface area contributed by atoms with E-state index in [2.05, 4.69) is 5.32 Å². The minimum absolute atomic E-state index is 0.0466. The fourth-order valence-corrected chi connectivity index (χ4v) is 2.24. The van der Waals surface area contributed by atoms with Gasteiger partial charge in [-0.3, -0.25) is 4.79 Å². The molecule has 2 atom stereocenters. The molecule has 0 aliphatic heterocycles. The highest BCUT2D eigenvalue weighted by Gasteiger charge is 2.16. The molecule has 0 fully saturated rings. The molecule has 0 saturated heterocycles. The molecule has 1 amide bonds. The van der Waals surface area contributed by atoms with E-state index >= 15 is 0 Å². The Bertz CT molecular complexity index is 445. The maximum atomic E-state index is 13.1. The summed E-state index contributed by atoms with van der Waals surface area (Å²) in [4.78, 5) is 11.8. The summed E-state index contributed by atoms with van der Waals surface area (Å²) >= 11 is 7.36. The second-order valence-electron chi connectivity index (χ2n) is 4.29. The zero-order chi connectivity index (χ0) is 14.4. The number of halogens is 2. The average Bonchev–Trinajstić information content (AvgIpc) is 2.38. The Hall–Kier alpha value is -0.780. The Morgan fingerprint density at radius 1 is 1.58 bits per heavy atom. The summed E-state index contributed by atoms with van der Waals surface area (Å²) in [6.45, 7) is 1.81. The van der Waals surface area contributed by atoms with Gasteiger partial charge in [0.15, 0.2) is 0 Å². The van der Waals surface area contributed by atoms with E-state index in [4.69, 9.17) is 17.3 Å². The summed E-state index contributed by atoms with van der Waals surface area (Å²) in [5.74, 6) is 0.160. The van der Waals surface area contributed by atoms with E-state index in [9.17, 15) is 9.18 Å². The molecule has 1 rings (SSSR count). The van der Waals surface area contributed by atoms with Crippen molar-refractivity contribution >= 4 is 29.3 Å². The zero-order valence-electron chi connectivity index (χ0n) is 11.0. The van der Waals surface area contributed by atoms with Crippen LogP contribution in [0.1, 0.15) is 24.9 Å². The molecule has 0 spiro atoms. The minimum Gasteiger partial charge on any atom is -0.348 e. The first-order chi connectivity index (χ1) is 8.95. The third-order valence-corrected chi connectivity index (χ3v) is 3.71. The fourth-order valence-electron chi connectivity index (χ4n) is 1.56. The number of thioether (sulfide) groups is 1. The van der Waals surface area contributed by atoms with Crippen LogP contribution in [0.4, 0.5) is 4.39 Å². The summed E-state index contributed by atoms with van der Waals surface area (Å²) in [5.41, 5.74) is 6.52.